The van der Waals surface area contributed by atoms with E-state index in [0.717, 1.165) is 16.5 Å². The lowest BCUT2D eigenvalue weighted by Crippen LogP contribution is -2.21. The van der Waals surface area contributed by atoms with Gasteiger partial charge >= 0.3 is 0 Å². The van der Waals surface area contributed by atoms with E-state index < -0.39 is 10.0 Å². The number of hydrogen-bond acceptors (Lipinski definition) is 3. The fourth-order valence-corrected chi connectivity index (χ4v) is 2.61. The number of amides is 1. The van der Waals surface area contributed by atoms with Gasteiger partial charge in [0.15, 0.2) is 0 Å². The predicted octanol–water partition coefficient (Wildman–Crippen LogP) is 2.59. The molecule has 1 amide bonds. The second kappa shape index (κ2) is 8.83. The maximum Gasteiger partial charge on any atom is 0.234 e. The second-order valence-corrected chi connectivity index (χ2v) is 6.79. The number of rotatable bonds is 5. The molecule has 0 saturated carbocycles. The number of benzene rings is 2. The van der Waals surface area contributed by atoms with Crippen LogP contribution in [0.5, 0.6) is 0 Å². The smallest absolute Gasteiger partial charge is 0.234 e. The van der Waals surface area contributed by atoms with E-state index in [4.69, 9.17) is 0 Å². The average Bonchev–Trinajstić information content (AvgIpc) is 2.59. The van der Waals surface area contributed by atoms with E-state index in [1.807, 2.05) is 30.3 Å². The summed E-state index contributed by atoms with van der Waals surface area (Å²) in [6.07, 6.45) is 1.52. The highest BCUT2D eigenvalue weighted by atomic mass is 32.2. The van der Waals surface area contributed by atoms with Gasteiger partial charge in [0.2, 0.25) is 15.9 Å². The Balaban J connectivity index is 1.88. The minimum Gasteiger partial charge on any atom is -0.326 e. The van der Waals surface area contributed by atoms with Crippen LogP contribution in [-0.4, -0.2) is 20.9 Å². The summed E-state index contributed by atoms with van der Waals surface area (Å²) < 4.78 is 26.1. The third-order valence-electron chi connectivity index (χ3n) is 3.04. The number of anilines is 1. The van der Waals surface area contributed by atoms with Crippen molar-refractivity contribution in [2.75, 3.05) is 11.9 Å². The van der Waals surface area contributed by atoms with Crippen molar-refractivity contribution < 1.29 is 13.2 Å². The van der Waals surface area contributed by atoms with Crippen LogP contribution in [0, 0.1) is 11.8 Å². The van der Waals surface area contributed by atoms with Gasteiger partial charge in [-0.15, -0.1) is 0 Å². The summed E-state index contributed by atoms with van der Waals surface area (Å²) in [5, 5.41) is 3.78. The van der Waals surface area contributed by atoms with Crippen LogP contribution in [0.1, 0.15) is 18.1 Å². The summed E-state index contributed by atoms with van der Waals surface area (Å²) in [5.74, 6) is 5.47. The number of carbonyl (C=O) groups excluding carboxylic acids is 1. The minimum atomic E-state index is -3.53. The second-order valence-electron chi connectivity index (χ2n) is 5.14. The molecule has 2 N–H and O–H groups in total. The van der Waals surface area contributed by atoms with E-state index in [1.54, 1.807) is 24.3 Å². The Labute approximate surface area is 147 Å². The summed E-state index contributed by atoms with van der Waals surface area (Å²) >= 11 is 0. The van der Waals surface area contributed by atoms with Crippen molar-refractivity contribution in [3.8, 4) is 11.8 Å². The average molecular weight is 354 g/mol. The van der Waals surface area contributed by atoms with Crippen LogP contribution in [-0.2, 0) is 14.8 Å². The van der Waals surface area contributed by atoms with Gasteiger partial charge in [-0.3, -0.25) is 4.79 Å². The Morgan fingerprint density at radius 3 is 2.40 bits per heavy atom. The highest BCUT2D eigenvalue weighted by molar-refractivity contribution is 7.92. The van der Waals surface area contributed by atoms with Gasteiger partial charge in [-0.2, -0.15) is 4.72 Å². The van der Waals surface area contributed by atoms with Crippen molar-refractivity contribution in [1.82, 2.24) is 4.72 Å². The van der Waals surface area contributed by atoms with Crippen LogP contribution in [0.25, 0.3) is 6.08 Å². The van der Waals surface area contributed by atoms with Crippen molar-refractivity contribution in [3.05, 3.63) is 71.1 Å². The van der Waals surface area contributed by atoms with Crippen molar-refractivity contribution in [2.24, 2.45) is 0 Å². The largest absolute Gasteiger partial charge is 0.326 e. The maximum atomic E-state index is 11.9. The van der Waals surface area contributed by atoms with Crippen LogP contribution < -0.4 is 10.0 Å². The third kappa shape index (κ3) is 7.04. The quantitative estimate of drug-likeness (QED) is 0.811. The standard InChI is InChI=1S/C19H18N2O3S/c1-16(22)21-19-11-9-18(10-12-19)8-5-14-20-25(23,24)15-13-17-6-3-2-4-7-17/h2-4,6-7,9-13,15,20H,14H2,1H3,(H,21,22)/b15-13+. The molecule has 0 atom stereocenters. The molecule has 0 saturated heterocycles. The highest BCUT2D eigenvalue weighted by Gasteiger charge is 2.02. The van der Waals surface area contributed by atoms with Gasteiger partial charge in [-0.25, -0.2) is 8.42 Å². The molecule has 128 valence electrons. The number of carbonyl (C=O) groups is 1. The summed E-state index contributed by atoms with van der Waals surface area (Å²) in [4.78, 5) is 10.9. The zero-order valence-electron chi connectivity index (χ0n) is 13.7. The maximum absolute atomic E-state index is 11.9. The Morgan fingerprint density at radius 1 is 1.08 bits per heavy atom. The van der Waals surface area contributed by atoms with Gasteiger partial charge in [-0.05, 0) is 35.9 Å². The third-order valence-corrected chi connectivity index (χ3v) is 4.08. The molecule has 0 spiro atoms. The van der Waals surface area contributed by atoms with Crippen molar-refractivity contribution >= 4 is 27.7 Å². The first-order chi connectivity index (χ1) is 11.9. The Kier molecular flexibility index (Phi) is 6.52. The van der Waals surface area contributed by atoms with Crippen LogP contribution >= 0.6 is 0 Å². The van der Waals surface area contributed by atoms with E-state index in [1.165, 1.54) is 13.0 Å². The molecule has 0 aliphatic carbocycles. The summed E-state index contributed by atoms with van der Waals surface area (Å²) in [6, 6.07) is 16.1. The predicted molar refractivity (Wildman–Crippen MR) is 100 cm³/mol. The monoisotopic (exact) mass is 354 g/mol. The summed E-state index contributed by atoms with van der Waals surface area (Å²) in [6.45, 7) is 1.45. The summed E-state index contributed by atoms with van der Waals surface area (Å²) in [5.41, 5.74) is 2.22. The van der Waals surface area contributed by atoms with Gasteiger partial charge in [0, 0.05) is 23.6 Å². The molecule has 0 bridgehead atoms. The van der Waals surface area contributed by atoms with Gasteiger partial charge in [0.25, 0.3) is 0 Å². The number of nitrogens with one attached hydrogen (secondary N) is 2. The van der Waals surface area contributed by atoms with Gasteiger partial charge in [0.1, 0.15) is 0 Å². The van der Waals surface area contributed by atoms with Gasteiger partial charge in [-0.1, -0.05) is 42.2 Å². The van der Waals surface area contributed by atoms with Crippen molar-refractivity contribution in [3.63, 3.8) is 0 Å². The zero-order chi connectivity index (χ0) is 18.1. The van der Waals surface area contributed by atoms with E-state index in [-0.39, 0.29) is 12.5 Å². The van der Waals surface area contributed by atoms with E-state index >= 15 is 0 Å². The number of hydrogen-bond donors (Lipinski definition) is 2. The van der Waals surface area contributed by atoms with Crippen LogP contribution in [0.2, 0.25) is 0 Å². The molecule has 0 unspecified atom stereocenters. The zero-order valence-corrected chi connectivity index (χ0v) is 14.5. The van der Waals surface area contributed by atoms with Crippen LogP contribution in [0.15, 0.2) is 60.0 Å². The molecule has 2 rings (SSSR count). The molecule has 6 heteroatoms. The first-order valence-electron chi connectivity index (χ1n) is 7.54. The van der Waals surface area contributed by atoms with Crippen molar-refractivity contribution in [1.29, 1.82) is 0 Å². The first-order valence-corrected chi connectivity index (χ1v) is 9.08. The van der Waals surface area contributed by atoms with E-state index in [2.05, 4.69) is 21.9 Å². The molecule has 0 aromatic heterocycles. The molecule has 0 heterocycles. The number of sulfonamides is 1. The molecule has 5 nitrogen and oxygen atoms in total. The SMILES string of the molecule is CC(=O)Nc1ccc(C#CCNS(=O)(=O)/C=C/c2ccccc2)cc1. The Bertz CT molecular complexity index is 907. The van der Waals surface area contributed by atoms with Crippen LogP contribution in [0.4, 0.5) is 5.69 Å². The van der Waals surface area contributed by atoms with Crippen LogP contribution in [0.3, 0.4) is 0 Å². The Hall–Kier alpha value is -2.88. The minimum absolute atomic E-state index is 0.00884. The molecule has 0 radical (unpaired) electrons. The lowest BCUT2D eigenvalue weighted by atomic mass is 10.2. The lowest BCUT2D eigenvalue weighted by Gasteiger charge is -2.00. The molecule has 0 fully saturated rings. The van der Waals surface area contributed by atoms with E-state index in [0.29, 0.717) is 5.69 Å². The first kappa shape index (κ1) is 18.5. The lowest BCUT2D eigenvalue weighted by molar-refractivity contribution is -0.114. The molecule has 2 aromatic rings. The normalized spacial score (nSPS) is 10.9. The van der Waals surface area contributed by atoms with Crippen molar-refractivity contribution in [2.45, 2.75) is 6.92 Å². The molecular weight excluding hydrogens is 336 g/mol. The topological polar surface area (TPSA) is 75.3 Å². The molecular formula is C19H18N2O3S. The molecule has 0 aliphatic rings. The molecule has 2 aromatic carbocycles. The fraction of sp³-hybridized carbons (Fsp3) is 0.105. The fourth-order valence-electron chi connectivity index (χ4n) is 1.90. The molecule has 25 heavy (non-hydrogen) atoms. The van der Waals surface area contributed by atoms with Gasteiger partial charge < -0.3 is 5.32 Å². The van der Waals surface area contributed by atoms with Gasteiger partial charge in [0.05, 0.1) is 6.54 Å². The molecule has 0 aliphatic heterocycles. The highest BCUT2D eigenvalue weighted by Crippen LogP contribution is 2.08. The Morgan fingerprint density at radius 2 is 1.76 bits per heavy atom. The summed E-state index contributed by atoms with van der Waals surface area (Å²) in [7, 11) is -3.53. The van der Waals surface area contributed by atoms with E-state index in [9.17, 15) is 13.2 Å².